The Kier molecular flexibility index (Phi) is 4.28. The first-order valence-corrected chi connectivity index (χ1v) is 7.67. The van der Waals surface area contributed by atoms with E-state index in [2.05, 4.69) is 43.3 Å². The third-order valence-corrected chi connectivity index (χ3v) is 3.93. The highest BCUT2D eigenvalue weighted by atomic mass is 79.9. The standard InChI is InChI=1S/C15H17BrN4/c16-13-4-2-12(3-5-13)14-6-8-18-15(19-14)20-10-1-7-17-9-11-20/h2-6,8,17H,1,7,9-11H2. The summed E-state index contributed by atoms with van der Waals surface area (Å²) in [4.78, 5) is 11.4. The Morgan fingerprint density at radius 1 is 1.05 bits per heavy atom. The van der Waals surface area contributed by atoms with Crippen molar-refractivity contribution in [3.8, 4) is 11.3 Å². The van der Waals surface area contributed by atoms with E-state index in [1.54, 1.807) is 0 Å². The van der Waals surface area contributed by atoms with Crippen LogP contribution in [0.25, 0.3) is 11.3 Å². The predicted octanol–water partition coefficient (Wildman–Crippen LogP) is 2.71. The molecular weight excluding hydrogens is 316 g/mol. The van der Waals surface area contributed by atoms with Crippen molar-refractivity contribution in [1.29, 1.82) is 0 Å². The van der Waals surface area contributed by atoms with Crippen LogP contribution in [0.15, 0.2) is 41.0 Å². The average Bonchev–Trinajstić information content (AvgIpc) is 2.77. The fourth-order valence-electron chi connectivity index (χ4n) is 2.33. The second-order valence-corrected chi connectivity index (χ2v) is 5.76. The lowest BCUT2D eigenvalue weighted by atomic mass is 10.1. The quantitative estimate of drug-likeness (QED) is 0.918. The highest BCUT2D eigenvalue weighted by Crippen LogP contribution is 2.21. The molecule has 0 amide bonds. The van der Waals surface area contributed by atoms with Gasteiger partial charge in [-0.2, -0.15) is 0 Å². The maximum atomic E-state index is 4.71. The van der Waals surface area contributed by atoms with Crippen LogP contribution in [0.1, 0.15) is 6.42 Å². The molecule has 1 fully saturated rings. The maximum absolute atomic E-state index is 4.71. The van der Waals surface area contributed by atoms with Gasteiger partial charge in [0.25, 0.3) is 0 Å². The molecule has 1 aromatic carbocycles. The molecule has 0 atom stereocenters. The van der Waals surface area contributed by atoms with Gasteiger partial charge < -0.3 is 10.2 Å². The number of hydrogen-bond acceptors (Lipinski definition) is 4. The van der Waals surface area contributed by atoms with Gasteiger partial charge in [-0.15, -0.1) is 0 Å². The van der Waals surface area contributed by atoms with E-state index in [1.165, 1.54) is 0 Å². The number of aromatic nitrogens is 2. The number of benzene rings is 1. The molecule has 0 aliphatic carbocycles. The van der Waals surface area contributed by atoms with Crippen LogP contribution in [0.3, 0.4) is 0 Å². The summed E-state index contributed by atoms with van der Waals surface area (Å²) in [7, 11) is 0. The van der Waals surface area contributed by atoms with Crippen molar-refractivity contribution in [3.63, 3.8) is 0 Å². The lowest BCUT2D eigenvalue weighted by Crippen LogP contribution is -2.29. The second kappa shape index (κ2) is 6.33. The molecule has 104 valence electrons. The van der Waals surface area contributed by atoms with E-state index in [0.717, 1.165) is 54.3 Å². The lowest BCUT2D eigenvalue weighted by Gasteiger charge is -2.20. The first-order valence-electron chi connectivity index (χ1n) is 6.87. The highest BCUT2D eigenvalue weighted by Gasteiger charge is 2.12. The van der Waals surface area contributed by atoms with Gasteiger partial charge in [0.2, 0.25) is 5.95 Å². The molecular formula is C15H17BrN4. The Labute approximate surface area is 127 Å². The summed E-state index contributed by atoms with van der Waals surface area (Å²) in [6.07, 6.45) is 2.98. The van der Waals surface area contributed by atoms with E-state index >= 15 is 0 Å². The summed E-state index contributed by atoms with van der Waals surface area (Å²) < 4.78 is 1.08. The van der Waals surface area contributed by atoms with E-state index in [1.807, 2.05) is 24.4 Å². The van der Waals surface area contributed by atoms with Crippen molar-refractivity contribution < 1.29 is 0 Å². The van der Waals surface area contributed by atoms with Crippen LogP contribution in [-0.4, -0.2) is 36.1 Å². The van der Waals surface area contributed by atoms with E-state index in [0.29, 0.717) is 0 Å². The minimum atomic E-state index is 0.828. The van der Waals surface area contributed by atoms with Gasteiger partial charge in [0.15, 0.2) is 0 Å². The van der Waals surface area contributed by atoms with Crippen molar-refractivity contribution in [2.75, 3.05) is 31.1 Å². The third kappa shape index (κ3) is 3.16. The van der Waals surface area contributed by atoms with E-state index < -0.39 is 0 Å². The minimum Gasteiger partial charge on any atom is -0.339 e. The fourth-order valence-corrected chi connectivity index (χ4v) is 2.59. The first kappa shape index (κ1) is 13.5. The summed E-state index contributed by atoms with van der Waals surface area (Å²) in [5.41, 5.74) is 2.09. The molecule has 3 rings (SSSR count). The van der Waals surface area contributed by atoms with Crippen LogP contribution in [-0.2, 0) is 0 Å². The van der Waals surface area contributed by atoms with Crippen molar-refractivity contribution in [2.24, 2.45) is 0 Å². The largest absolute Gasteiger partial charge is 0.339 e. The number of anilines is 1. The van der Waals surface area contributed by atoms with Crippen LogP contribution in [0.4, 0.5) is 5.95 Å². The van der Waals surface area contributed by atoms with Crippen LogP contribution in [0.5, 0.6) is 0 Å². The summed E-state index contributed by atoms with van der Waals surface area (Å²) in [5.74, 6) is 0.828. The summed E-state index contributed by atoms with van der Waals surface area (Å²) in [6, 6.07) is 10.2. The lowest BCUT2D eigenvalue weighted by molar-refractivity contribution is 0.724. The Bertz CT molecular complexity index is 562. The van der Waals surface area contributed by atoms with Crippen LogP contribution < -0.4 is 10.2 Å². The number of rotatable bonds is 2. The molecule has 0 bridgehead atoms. The zero-order valence-electron chi connectivity index (χ0n) is 11.2. The molecule has 1 N–H and O–H groups in total. The maximum Gasteiger partial charge on any atom is 0.225 e. The van der Waals surface area contributed by atoms with Gasteiger partial charge in [-0.05, 0) is 31.2 Å². The van der Waals surface area contributed by atoms with Crippen LogP contribution >= 0.6 is 15.9 Å². The van der Waals surface area contributed by atoms with Crippen molar-refractivity contribution in [1.82, 2.24) is 15.3 Å². The van der Waals surface area contributed by atoms with Crippen molar-refractivity contribution >= 4 is 21.9 Å². The van der Waals surface area contributed by atoms with Gasteiger partial charge >= 0.3 is 0 Å². The summed E-state index contributed by atoms with van der Waals surface area (Å²) >= 11 is 3.46. The van der Waals surface area contributed by atoms with Gasteiger partial charge in [-0.25, -0.2) is 9.97 Å². The van der Waals surface area contributed by atoms with Crippen molar-refractivity contribution in [2.45, 2.75) is 6.42 Å². The zero-order valence-corrected chi connectivity index (χ0v) is 12.8. The minimum absolute atomic E-state index is 0.828. The van der Waals surface area contributed by atoms with Crippen molar-refractivity contribution in [3.05, 3.63) is 41.0 Å². The zero-order chi connectivity index (χ0) is 13.8. The first-order chi connectivity index (χ1) is 9.83. The molecule has 2 aromatic rings. The summed E-state index contributed by atoms with van der Waals surface area (Å²) in [5, 5.41) is 3.40. The Balaban J connectivity index is 1.86. The number of nitrogens with one attached hydrogen (secondary N) is 1. The fraction of sp³-hybridized carbons (Fsp3) is 0.333. The summed E-state index contributed by atoms with van der Waals surface area (Å²) in [6.45, 7) is 4.04. The molecule has 1 aromatic heterocycles. The monoisotopic (exact) mass is 332 g/mol. The molecule has 0 radical (unpaired) electrons. The van der Waals surface area contributed by atoms with E-state index in [9.17, 15) is 0 Å². The number of halogens is 1. The molecule has 20 heavy (non-hydrogen) atoms. The van der Waals surface area contributed by atoms with E-state index in [4.69, 9.17) is 4.98 Å². The number of hydrogen-bond donors (Lipinski definition) is 1. The van der Waals surface area contributed by atoms with Gasteiger partial charge in [0.05, 0.1) is 5.69 Å². The smallest absolute Gasteiger partial charge is 0.225 e. The normalized spacial score (nSPS) is 15.9. The molecule has 1 aliphatic heterocycles. The third-order valence-electron chi connectivity index (χ3n) is 3.41. The molecule has 0 unspecified atom stereocenters. The Morgan fingerprint density at radius 2 is 1.90 bits per heavy atom. The second-order valence-electron chi connectivity index (χ2n) is 4.84. The van der Waals surface area contributed by atoms with Crippen LogP contribution in [0, 0.1) is 0 Å². The molecule has 1 aliphatic rings. The van der Waals surface area contributed by atoms with E-state index in [-0.39, 0.29) is 0 Å². The Hall–Kier alpha value is -1.46. The topological polar surface area (TPSA) is 41.1 Å². The molecule has 2 heterocycles. The highest BCUT2D eigenvalue weighted by molar-refractivity contribution is 9.10. The van der Waals surface area contributed by atoms with Gasteiger partial charge in [-0.1, -0.05) is 28.1 Å². The Morgan fingerprint density at radius 3 is 2.75 bits per heavy atom. The molecule has 0 spiro atoms. The van der Waals surface area contributed by atoms with Gasteiger partial charge in [0.1, 0.15) is 0 Å². The molecule has 5 heteroatoms. The molecule has 1 saturated heterocycles. The van der Waals surface area contributed by atoms with Gasteiger partial charge in [0, 0.05) is 35.9 Å². The predicted molar refractivity (Wildman–Crippen MR) is 84.9 cm³/mol. The average molecular weight is 333 g/mol. The number of nitrogens with zero attached hydrogens (tertiary/aromatic N) is 3. The van der Waals surface area contributed by atoms with Crippen LogP contribution in [0.2, 0.25) is 0 Å². The molecule has 0 saturated carbocycles. The molecule has 4 nitrogen and oxygen atoms in total. The van der Waals surface area contributed by atoms with Gasteiger partial charge in [-0.3, -0.25) is 0 Å². The SMILES string of the molecule is Brc1ccc(-c2ccnc(N3CCCNCC3)n2)cc1.